The largest absolute Gasteiger partial charge is 0.497 e. The summed E-state index contributed by atoms with van der Waals surface area (Å²) in [4.78, 5) is 16.7. The number of fused-ring (bicyclic) bond motifs is 1. The van der Waals surface area contributed by atoms with Crippen molar-refractivity contribution < 1.29 is 14.3 Å². The number of carbonyl (C=O) groups excluding carboxylic acids is 1. The molecular weight excluding hydrogens is 429 g/mol. The Morgan fingerprint density at radius 1 is 1.10 bits per heavy atom. The molecule has 0 spiro atoms. The second-order valence-electron chi connectivity index (χ2n) is 6.23. The van der Waals surface area contributed by atoms with E-state index in [0.717, 1.165) is 35.5 Å². The predicted octanol–water partition coefficient (Wildman–Crippen LogP) is 2.68. The molecule has 8 nitrogen and oxygen atoms in total. The van der Waals surface area contributed by atoms with Gasteiger partial charge in [0, 0.05) is 36.3 Å². The number of likely N-dealkylation sites (N-methyl/N-ethyl adjacent to an activating group) is 1. The maximum Gasteiger partial charge on any atom is 0.252 e. The molecule has 2 heterocycles. The van der Waals surface area contributed by atoms with Gasteiger partial charge in [-0.25, -0.2) is 9.67 Å². The average Bonchev–Trinajstić information content (AvgIpc) is 3.13. The molecule has 164 valence electrons. The molecule has 0 aliphatic carbocycles. The number of aromatic nitrogens is 3. The standard InChI is InChI=1S/C20H25N5O3.2ClH/c1-4-21-7-8-22-20(26)16-9-15-12-24-25(19(15)23-11-16)13-14-5-6-17(27-2)10-18(14)28-3;;/h5-6,9-12,21H,4,7-8,13H2,1-3H3,(H,22,26);2*1H. The first-order valence-electron chi connectivity index (χ1n) is 9.17. The summed E-state index contributed by atoms with van der Waals surface area (Å²) in [5, 5.41) is 11.3. The molecule has 0 saturated heterocycles. The topological polar surface area (TPSA) is 90.3 Å². The summed E-state index contributed by atoms with van der Waals surface area (Å²) in [5.74, 6) is 1.31. The number of nitrogens with zero attached hydrogens (tertiary/aromatic N) is 3. The zero-order valence-corrected chi connectivity index (χ0v) is 18.8. The van der Waals surface area contributed by atoms with Crippen LogP contribution in [-0.2, 0) is 6.54 Å². The number of carbonyl (C=O) groups is 1. The molecule has 0 fully saturated rings. The van der Waals surface area contributed by atoms with Gasteiger partial charge in [0.2, 0.25) is 0 Å². The van der Waals surface area contributed by atoms with Gasteiger partial charge in [-0.1, -0.05) is 6.92 Å². The Morgan fingerprint density at radius 2 is 1.90 bits per heavy atom. The number of hydrogen-bond acceptors (Lipinski definition) is 6. The summed E-state index contributed by atoms with van der Waals surface area (Å²) < 4.78 is 12.5. The van der Waals surface area contributed by atoms with Crippen LogP contribution in [0.25, 0.3) is 11.0 Å². The molecule has 0 aliphatic rings. The lowest BCUT2D eigenvalue weighted by atomic mass is 10.2. The number of benzene rings is 1. The third-order valence-electron chi connectivity index (χ3n) is 4.39. The smallest absolute Gasteiger partial charge is 0.252 e. The Balaban J connectivity index is 0.00000225. The van der Waals surface area contributed by atoms with Crippen molar-refractivity contribution in [2.45, 2.75) is 13.5 Å². The molecule has 2 N–H and O–H groups in total. The van der Waals surface area contributed by atoms with E-state index < -0.39 is 0 Å². The van der Waals surface area contributed by atoms with E-state index in [1.165, 1.54) is 0 Å². The Bertz CT molecular complexity index is 965. The molecular formula is C20H27Cl2N5O3. The minimum Gasteiger partial charge on any atom is -0.497 e. The molecule has 0 unspecified atom stereocenters. The fourth-order valence-corrected chi connectivity index (χ4v) is 2.90. The molecule has 0 aliphatic heterocycles. The van der Waals surface area contributed by atoms with Gasteiger partial charge in [0.15, 0.2) is 5.65 Å². The SMILES string of the molecule is CCNCCNC(=O)c1cnc2c(cnn2Cc2ccc(OC)cc2OC)c1.Cl.Cl. The number of ether oxygens (including phenoxy) is 2. The highest BCUT2D eigenvalue weighted by Crippen LogP contribution is 2.26. The second-order valence-corrected chi connectivity index (χ2v) is 6.23. The summed E-state index contributed by atoms with van der Waals surface area (Å²) in [5.41, 5.74) is 2.19. The first kappa shape index (κ1) is 25.5. The van der Waals surface area contributed by atoms with Crippen LogP contribution < -0.4 is 20.1 Å². The van der Waals surface area contributed by atoms with Gasteiger partial charge >= 0.3 is 0 Å². The normalized spacial score (nSPS) is 10.1. The van der Waals surface area contributed by atoms with Crippen molar-refractivity contribution in [3.05, 3.63) is 47.8 Å². The van der Waals surface area contributed by atoms with Crippen molar-refractivity contribution in [1.29, 1.82) is 0 Å². The third-order valence-corrected chi connectivity index (χ3v) is 4.39. The van der Waals surface area contributed by atoms with Crippen molar-refractivity contribution in [1.82, 2.24) is 25.4 Å². The first-order chi connectivity index (χ1) is 13.7. The highest BCUT2D eigenvalue weighted by Gasteiger charge is 2.12. The van der Waals surface area contributed by atoms with Crippen LogP contribution in [0.3, 0.4) is 0 Å². The van der Waals surface area contributed by atoms with Gasteiger partial charge in [-0.15, -0.1) is 24.8 Å². The van der Waals surface area contributed by atoms with Gasteiger partial charge in [-0.2, -0.15) is 5.10 Å². The van der Waals surface area contributed by atoms with Crippen LogP contribution in [0.1, 0.15) is 22.8 Å². The average molecular weight is 456 g/mol. The number of hydrogen-bond donors (Lipinski definition) is 2. The van der Waals surface area contributed by atoms with Crippen LogP contribution in [-0.4, -0.2) is 54.5 Å². The second kappa shape index (κ2) is 12.2. The van der Waals surface area contributed by atoms with Gasteiger partial charge in [0.25, 0.3) is 5.91 Å². The molecule has 1 aromatic carbocycles. The quantitative estimate of drug-likeness (QED) is 0.482. The van der Waals surface area contributed by atoms with Crippen LogP contribution in [0.2, 0.25) is 0 Å². The molecule has 0 radical (unpaired) electrons. The van der Waals surface area contributed by atoms with Crippen molar-refractivity contribution in [2.24, 2.45) is 0 Å². The molecule has 3 aromatic rings. The third kappa shape index (κ3) is 5.98. The lowest BCUT2D eigenvalue weighted by molar-refractivity contribution is 0.0954. The molecule has 0 bridgehead atoms. The van der Waals surface area contributed by atoms with E-state index in [1.54, 1.807) is 37.4 Å². The van der Waals surface area contributed by atoms with E-state index in [0.29, 0.717) is 24.3 Å². The van der Waals surface area contributed by atoms with E-state index >= 15 is 0 Å². The van der Waals surface area contributed by atoms with Crippen LogP contribution in [0.5, 0.6) is 11.5 Å². The zero-order chi connectivity index (χ0) is 19.9. The van der Waals surface area contributed by atoms with Gasteiger partial charge < -0.3 is 20.1 Å². The zero-order valence-electron chi connectivity index (χ0n) is 17.2. The van der Waals surface area contributed by atoms with E-state index in [4.69, 9.17) is 9.47 Å². The van der Waals surface area contributed by atoms with Crippen molar-refractivity contribution in [3.8, 4) is 11.5 Å². The highest BCUT2D eigenvalue weighted by molar-refractivity contribution is 5.96. The first-order valence-corrected chi connectivity index (χ1v) is 9.17. The minimum atomic E-state index is -0.142. The number of nitrogens with one attached hydrogen (secondary N) is 2. The fraction of sp³-hybridized carbons (Fsp3) is 0.350. The summed E-state index contributed by atoms with van der Waals surface area (Å²) >= 11 is 0. The monoisotopic (exact) mass is 455 g/mol. The molecule has 0 atom stereocenters. The number of amides is 1. The molecule has 1 amide bonds. The van der Waals surface area contributed by atoms with Crippen LogP contribution >= 0.6 is 24.8 Å². The van der Waals surface area contributed by atoms with Gasteiger partial charge in [0.05, 0.1) is 32.5 Å². The fourth-order valence-electron chi connectivity index (χ4n) is 2.90. The van der Waals surface area contributed by atoms with Gasteiger partial charge in [0.1, 0.15) is 11.5 Å². The summed E-state index contributed by atoms with van der Waals surface area (Å²) in [7, 11) is 3.24. The Hall–Kier alpha value is -2.55. The van der Waals surface area contributed by atoms with Crippen molar-refractivity contribution in [3.63, 3.8) is 0 Å². The van der Waals surface area contributed by atoms with E-state index in [9.17, 15) is 4.79 Å². The predicted molar refractivity (Wildman–Crippen MR) is 122 cm³/mol. The van der Waals surface area contributed by atoms with Crippen LogP contribution in [0.15, 0.2) is 36.7 Å². The minimum absolute atomic E-state index is 0. The molecule has 3 rings (SSSR count). The molecule has 30 heavy (non-hydrogen) atoms. The van der Waals surface area contributed by atoms with Crippen molar-refractivity contribution >= 4 is 41.8 Å². The van der Waals surface area contributed by atoms with Crippen molar-refractivity contribution in [2.75, 3.05) is 33.9 Å². The van der Waals surface area contributed by atoms with Gasteiger partial charge in [-0.3, -0.25) is 4.79 Å². The van der Waals surface area contributed by atoms with E-state index in [1.807, 2.05) is 25.1 Å². The lowest BCUT2D eigenvalue weighted by Crippen LogP contribution is -2.31. The highest BCUT2D eigenvalue weighted by atomic mass is 35.5. The Morgan fingerprint density at radius 3 is 2.60 bits per heavy atom. The van der Waals surface area contributed by atoms with E-state index in [-0.39, 0.29) is 30.7 Å². The van der Waals surface area contributed by atoms with Crippen LogP contribution in [0.4, 0.5) is 0 Å². The number of rotatable bonds is 9. The number of pyridine rings is 1. The summed E-state index contributed by atoms with van der Waals surface area (Å²) in [6.45, 7) is 4.71. The maximum absolute atomic E-state index is 12.3. The summed E-state index contributed by atoms with van der Waals surface area (Å²) in [6.07, 6.45) is 3.29. The Labute approximate surface area is 188 Å². The Kier molecular flexibility index (Phi) is 10.4. The number of halogens is 2. The molecule has 2 aromatic heterocycles. The maximum atomic E-state index is 12.3. The van der Waals surface area contributed by atoms with Crippen LogP contribution in [0, 0.1) is 0 Å². The summed E-state index contributed by atoms with van der Waals surface area (Å²) in [6, 6.07) is 7.47. The van der Waals surface area contributed by atoms with Gasteiger partial charge in [-0.05, 0) is 24.7 Å². The lowest BCUT2D eigenvalue weighted by Gasteiger charge is -2.11. The number of methoxy groups -OCH3 is 2. The molecule has 0 saturated carbocycles. The molecule has 10 heteroatoms. The van der Waals surface area contributed by atoms with E-state index in [2.05, 4.69) is 20.7 Å².